The van der Waals surface area contributed by atoms with Crippen LogP contribution in [0.5, 0.6) is 0 Å². The molecule has 0 aliphatic carbocycles. The van der Waals surface area contributed by atoms with Gasteiger partial charge in [-0.15, -0.1) is 0 Å². The third kappa shape index (κ3) is 1.32. The summed E-state index contributed by atoms with van der Waals surface area (Å²) in [5.41, 5.74) is 0. The van der Waals surface area contributed by atoms with E-state index in [2.05, 4.69) is 10.6 Å². The second-order valence-corrected chi connectivity index (χ2v) is 3.67. The lowest BCUT2D eigenvalue weighted by Crippen LogP contribution is -2.42. The molecule has 3 N–H and O–H groups in total. The summed E-state index contributed by atoms with van der Waals surface area (Å²) in [7, 11) is 0. The summed E-state index contributed by atoms with van der Waals surface area (Å²) in [6.45, 7) is 1.65. The lowest BCUT2D eigenvalue weighted by molar-refractivity contribution is -0.140. The van der Waals surface area contributed by atoms with Crippen LogP contribution >= 0.6 is 0 Å². The van der Waals surface area contributed by atoms with E-state index in [0.29, 0.717) is 6.04 Å². The SMILES string of the molecule is O=C(O)C1NCC2CCC1CN2. The summed E-state index contributed by atoms with van der Waals surface area (Å²) in [5, 5.41) is 15.3. The number of aliphatic carboxylic acids is 1. The molecule has 0 aromatic carbocycles. The van der Waals surface area contributed by atoms with Crippen LogP contribution in [0.25, 0.3) is 0 Å². The van der Waals surface area contributed by atoms with Gasteiger partial charge in [-0.25, -0.2) is 0 Å². The monoisotopic (exact) mass is 170 g/mol. The zero-order chi connectivity index (χ0) is 8.55. The highest BCUT2D eigenvalue weighted by molar-refractivity contribution is 5.74. The number of hydrogen-bond donors (Lipinski definition) is 3. The van der Waals surface area contributed by atoms with Crippen LogP contribution in [0.3, 0.4) is 0 Å². The highest BCUT2D eigenvalue weighted by Gasteiger charge is 2.35. The van der Waals surface area contributed by atoms with Crippen LogP contribution in [-0.4, -0.2) is 36.2 Å². The molecular weight excluding hydrogens is 156 g/mol. The average molecular weight is 170 g/mol. The fourth-order valence-corrected chi connectivity index (χ4v) is 2.12. The summed E-state index contributed by atoms with van der Waals surface area (Å²) in [5.74, 6) is -0.425. The Hall–Kier alpha value is -0.610. The van der Waals surface area contributed by atoms with Crippen molar-refractivity contribution in [1.82, 2.24) is 10.6 Å². The molecule has 0 spiro atoms. The quantitative estimate of drug-likeness (QED) is 0.492. The van der Waals surface area contributed by atoms with Crippen LogP contribution in [-0.2, 0) is 4.79 Å². The largest absolute Gasteiger partial charge is 0.480 e. The molecule has 0 amide bonds. The molecule has 3 heterocycles. The zero-order valence-electron chi connectivity index (χ0n) is 6.92. The maximum absolute atomic E-state index is 10.8. The minimum atomic E-state index is -0.704. The van der Waals surface area contributed by atoms with Gasteiger partial charge in [0.25, 0.3) is 0 Å². The Labute approximate surface area is 71.3 Å². The van der Waals surface area contributed by atoms with Gasteiger partial charge >= 0.3 is 5.97 Å². The Morgan fingerprint density at radius 1 is 1.25 bits per heavy atom. The van der Waals surface area contributed by atoms with Crippen LogP contribution in [0.1, 0.15) is 12.8 Å². The van der Waals surface area contributed by atoms with Crippen molar-refractivity contribution < 1.29 is 9.90 Å². The molecular formula is C8H14N2O2. The van der Waals surface area contributed by atoms with Crippen LogP contribution in [0, 0.1) is 5.92 Å². The molecule has 3 aliphatic rings. The topological polar surface area (TPSA) is 61.4 Å². The summed E-state index contributed by atoms with van der Waals surface area (Å²) in [6, 6.07) is 0.163. The van der Waals surface area contributed by atoms with E-state index in [0.717, 1.165) is 25.9 Å². The number of hydrogen-bond acceptors (Lipinski definition) is 3. The fraction of sp³-hybridized carbons (Fsp3) is 0.875. The Morgan fingerprint density at radius 3 is 2.67 bits per heavy atom. The molecule has 3 rings (SSSR count). The predicted molar refractivity (Wildman–Crippen MR) is 43.9 cm³/mol. The number of piperidine rings is 1. The van der Waals surface area contributed by atoms with Crippen molar-refractivity contribution in [1.29, 1.82) is 0 Å². The lowest BCUT2D eigenvalue weighted by Gasteiger charge is -2.25. The molecule has 0 saturated carbocycles. The first-order chi connectivity index (χ1) is 5.77. The van der Waals surface area contributed by atoms with Gasteiger partial charge in [0.05, 0.1) is 0 Å². The van der Waals surface area contributed by atoms with Crippen molar-refractivity contribution in [3.8, 4) is 0 Å². The van der Waals surface area contributed by atoms with Crippen LogP contribution in [0.15, 0.2) is 0 Å². The molecule has 12 heavy (non-hydrogen) atoms. The van der Waals surface area contributed by atoms with Crippen molar-refractivity contribution in [2.24, 2.45) is 5.92 Å². The minimum absolute atomic E-state index is 0.279. The average Bonchev–Trinajstić information content (AvgIpc) is 2.36. The van der Waals surface area contributed by atoms with E-state index in [1.165, 1.54) is 0 Å². The van der Waals surface area contributed by atoms with Crippen LogP contribution < -0.4 is 10.6 Å². The molecule has 3 atom stereocenters. The summed E-state index contributed by atoms with van der Waals surface area (Å²) >= 11 is 0. The Bertz CT molecular complexity index is 187. The number of nitrogens with one attached hydrogen (secondary N) is 2. The first-order valence-electron chi connectivity index (χ1n) is 4.47. The van der Waals surface area contributed by atoms with Crippen LogP contribution in [0.4, 0.5) is 0 Å². The maximum Gasteiger partial charge on any atom is 0.321 e. The van der Waals surface area contributed by atoms with Gasteiger partial charge in [-0.05, 0) is 18.8 Å². The van der Waals surface area contributed by atoms with E-state index in [1.807, 2.05) is 0 Å². The van der Waals surface area contributed by atoms with E-state index in [-0.39, 0.29) is 12.0 Å². The van der Waals surface area contributed by atoms with Gasteiger partial charge in [0.15, 0.2) is 0 Å². The van der Waals surface area contributed by atoms with Crippen molar-refractivity contribution in [2.45, 2.75) is 24.9 Å². The zero-order valence-corrected chi connectivity index (χ0v) is 6.92. The lowest BCUT2D eigenvalue weighted by atomic mass is 9.91. The second kappa shape index (κ2) is 3.03. The predicted octanol–water partition coefficient (Wildman–Crippen LogP) is -0.589. The standard InChI is InChI=1S/C8H14N2O2/c11-8(12)7-5-1-2-6(4-10-7)9-3-5/h5-7,9-10H,1-4H2,(H,11,12). The van der Waals surface area contributed by atoms with Gasteiger partial charge in [-0.3, -0.25) is 4.79 Å². The molecule has 68 valence electrons. The summed E-state index contributed by atoms with van der Waals surface area (Å²) in [6.07, 6.45) is 2.16. The van der Waals surface area contributed by atoms with Crippen molar-refractivity contribution in [3.63, 3.8) is 0 Å². The molecule has 3 aliphatic heterocycles. The van der Waals surface area contributed by atoms with E-state index >= 15 is 0 Å². The minimum Gasteiger partial charge on any atom is -0.480 e. The van der Waals surface area contributed by atoms with Gasteiger partial charge in [0, 0.05) is 19.1 Å². The summed E-state index contributed by atoms with van der Waals surface area (Å²) < 4.78 is 0. The van der Waals surface area contributed by atoms with E-state index < -0.39 is 5.97 Å². The molecule has 3 unspecified atom stereocenters. The number of rotatable bonds is 1. The van der Waals surface area contributed by atoms with E-state index in [4.69, 9.17) is 5.11 Å². The van der Waals surface area contributed by atoms with Crippen LogP contribution in [0.2, 0.25) is 0 Å². The third-order valence-electron chi connectivity index (χ3n) is 2.88. The number of carboxylic acid groups (broad SMARTS) is 1. The van der Waals surface area contributed by atoms with Crippen molar-refractivity contribution >= 4 is 5.97 Å². The molecule has 0 aromatic rings. The normalized spacial score (nSPS) is 40.8. The number of carboxylic acids is 1. The Morgan fingerprint density at radius 2 is 2.08 bits per heavy atom. The fourth-order valence-electron chi connectivity index (χ4n) is 2.12. The first-order valence-corrected chi connectivity index (χ1v) is 4.47. The Balaban J connectivity index is 2.10. The molecule has 2 bridgehead atoms. The van der Waals surface area contributed by atoms with E-state index in [9.17, 15) is 4.79 Å². The van der Waals surface area contributed by atoms with Gasteiger partial charge in [-0.1, -0.05) is 0 Å². The van der Waals surface area contributed by atoms with Crippen molar-refractivity contribution in [2.75, 3.05) is 13.1 Å². The molecule has 4 nitrogen and oxygen atoms in total. The smallest absolute Gasteiger partial charge is 0.321 e. The molecule has 0 radical (unpaired) electrons. The maximum atomic E-state index is 10.8. The summed E-state index contributed by atoms with van der Waals surface area (Å²) in [4.78, 5) is 10.8. The number of carbonyl (C=O) groups is 1. The third-order valence-corrected chi connectivity index (χ3v) is 2.88. The van der Waals surface area contributed by atoms with Gasteiger partial charge < -0.3 is 15.7 Å². The molecule has 3 fully saturated rings. The Kier molecular flexibility index (Phi) is 2.02. The second-order valence-electron chi connectivity index (χ2n) is 3.67. The van der Waals surface area contributed by atoms with Gasteiger partial charge in [-0.2, -0.15) is 0 Å². The van der Waals surface area contributed by atoms with Gasteiger partial charge in [0.2, 0.25) is 0 Å². The molecule has 3 saturated heterocycles. The van der Waals surface area contributed by atoms with Gasteiger partial charge in [0.1, 0.15) is 6.04 Å². The molecule has 0 aromatic heterocycles. The van der Waals surface area contributed by atoms with Crippen molar-refractivity contribution in [3.05, 3.63) is 0 Å². The first kappa shape index (κ1) is 8.01. The highest BCUT2D eigenvalue weighted by atomic mass is 16.4. The van der Waals surface area contributed by atoms with E-state index in [1.54, 1.807) is 0 Å². The number of fused-ring (bicyclic) bond motifs is 4. The highest BCUT2D eigenvalue weighted by Crippen LogP contribution is 2.21. The molecule has 4 heteroatoms.